The van der Waals surface area contributed by atoms with Crippen molar-refractivity contribution in [1.29, 1.82) is 0 Å². The van der Waals surface area contributed by atoms with Crippen molar-refractivity contribution in [2.75, 3.05) is 0 Å². The van der Waals surface area contributed by atoms with Gasteiger partial charge in [0, 0.05) is 0 Å². The first-order valence-electron chi connectivity index (χ1n) is 4.74. The van der Waals surface area contributed by atoms with Gasteiger partial charge in [0.1, 0.15) is 5.75 Å². The summed E-state index contributed by atoms with van der Waals surface area (Å²) in [5.41, 5.74) is 1.45. The quantitative estimate of drug-likeness (QED) is 0.736. The van der Waals surface area contributed by atoms with Gasteiger partial charge in [-0.25, -0.2) is 0 Å². The van der Waals surface area contributed by atoms with E-state index in [1.54, 1.807) is 12.1 Å². The Balaban J connectivity index is 3.01. The fourth-order valence-electron chi connectivity index (χ4n) is 1.22. The molecule has 1 aromatic carbocycles. The molecule has 0 spiro atoms. The van der Waals surface area contributed by atoms with E-state index in [1.807, 2.05) is 12.1 Å². The maximum atomic E-state index is 9.16. The Labute approximate surface area is 80.4 Å². The molecule has 1 rings (SSSR count). The van der Waals surface area contributed by atoms with Crippen molar-refractivity contribution in [3.8, 4) is 5.75 Å². The summed E-state index contributed by atoms with van der Waals surface area (Å²) in [5, 5.41) is 9.16. The highest BCUT2D eigenvalue weighted by Gasteiger charge is 2.24. The van der Waals surface area contributed by atoms with Crippen molar-refractivity contribution in [3.05, 3.63) is 29.8 Å². The molecule has 72 valence electrons. The van der Waals surface area contributed by atoms with Crippen LogP contribution in [0.4, 0.5) is 0 Å². The van der Waals surface area contributed by atoms with Gasteiger partial charge in [-0.05, 0) is 29.0 Å². The molecule has 0 fully saturated rings. The summed E-state index contributed by atoms with van der Waals surface area (Å²) in [4.78, 5) is 0. The second-order valence-electron chi connectivity index (χ2n) is 4.42. The van der Waals surface area contributed by atoms with E-state index in [-0.39, 0.29) is 5.41 Å². The number of phenols is 1. The number of hydrogen-bond donors (Lipinski definition) is 1. The standard InChI is InChI=1S/C12H18O/c1-9(2)12(3,4)10-5-7-11(13)8-6-10/h5-9,13H,1-4H3. The number of rotatable bonds is 2. The van der Waals surface area contributed by atoms with Gasteiger partial charge in [-0.3, -0.25) is 0 Å². The van der Waals surface area contributed by atoms with Gasteiger partial charge in [0.25, 0.3) is 0 Å². The zero-order valence-electron chi connectivity index (χ0n) is 8.83. The van der Waals surface area contributed by atoms with Crippen LogP contribution in [-0.4, -0.2) is 5.11 Å². The lowest BCUT2D eigenvalue weighted by atomic mass is 9.75. The first-order chi connectivity index (χ1) is 5.94. The minimum absolute atomic E-state index is 0.174. The van der Waals surface area contributed by atoms with E-state index in [9.17, 15) is 0 Å². The van der Waals surface area contributed by atoms with E-state index in [0.717, 1.165) is 0 Å². The molecular weight excluding hydrogens is 160 g/mol. The lowest BCUT2D eigenvalue weighted by molar-refractivity contribution is 0.371. The van der Waals surface area contributed by atoms with Crippen molar-refractivity contribution in [2.24, 2.45) is 5.92 Å². The molecule has 1 aromatic rings. The fourth-order valence-corrected chi connectivity index (χ4v) is 1.22. The van der Waals surface area contributed by atoms with Crippen LogP contribution in [0.25, 0.3) is 0 Å². The molecule has 0 aromatic heterocycles. The summed E-state index contributed by atoms with van der Waals surface area (Å²) < 4.78 is 0. The molecule has 0 unspecified atom stereocenters. The van der Waals surface area contributed by atoms with E-state index in [1.165, 1.54) is 5.56 Å². The third-order valence-corrected chi connectivity index (χ3v) is 3.05. The summed E-state index contributed by atoms with van der Waals surface area (Å²) in [5.74, 6) is 0.931. The molecule has 13 heavy (non-hydrogen) atoms. The van der Waals surface area contributed by atoms with Gasteiger partial charge in [0.05, 0.1) is 0 Å². The van der Waals surface area contributed by atoms with E-state index in [0.29, 0.717) is 11.7 Å². The minimum atomic E-state index is 0.174. The molecule has 0 heterocycles. The Hall–Kier alpha value is -0.980. The molecule has 0 saturated carbocycles. The summed E-state index contributed by atoms with van der Waals surface area (Å²) in [6.45, 7) is 8.88. The number of benzene rings is 1. The zero-order chi connectivity index (χ0) is 10.1. The molecule has 0 amide bonds. The van der Waals surface area contributed by atoms with Crippen LogP contribution in [0.1, 0.15) is 33.3 Å². The van der Waals surface area contributed by atoms with Crippen LogP contribution in [0, 0.1) is 5.92 Å². The van der Waals surface area contributed by atoms with Gasteiger partial charge in [0.15, 0.2) is 0 Å². The van der Waals surface area contributed by atoms with E-state index < -0.39 is 0 Å². The zero-order valence-corrected chi connectivity index (χ0v) is 8.83. The van der Waals surface area contributed by atoms with Gasteiger partial charge in [0.2, 0.25) is 0 Å². The van der Waals surface area contributed by atoms with Crippen LogP contribution in [0.15, 0.2) is 24.3 Å². The van der Waals surface area contributed by atoms with Gasteiger partial charge in [-0.2, -0.15) is 0 Å². The maximum absolute atomic E-state index is 9.16. The Morgan fingerprint density at radius 1 is 1.08 bits per heavy atom. The van der Waals surface area contributed by atoms with Crippen molar-refractivity contribution in [3.63, 3.8) is 0 Å². The van der Waals surface area contributed by atoms with E-state index in [4.69, 9.17) is 5.11 Å². The number of phenolic OH excluding ortho intramolecular Hbond substituents is 1. The molecule has 0 aliphatic heterocycles. The van der Waals surface area contributed by atoms with Gasteiger partial charge < -0.3 is 5.11 Å². The summed E-state index contributed by atoms with van der Waals surface area (Å²) in [6.07, 6.45) is 0. The lowest BCUT2D eigenvalue weighted by Gasteiger charge is -2.29. The molecule has 0 atom stereocenters. The smallest absolute Gasteiger partial charge is 0.115 e. The van der Waals surface area contributed by atoms with Crippen molar-refractivity contribution < 1.29 is 5.11 Å². The lowest BCUT2D eigenvalue weighted by Crippen LogP contribution is -2.24. The Bertz CT molecular complexity index is 270. The monoisotopic (exact) mass is 178 g/mol. The molecule has 0 bridgehead atoms. The molecular formula is C12H18O. The number of aromatic hydroxyl groups is 1. The summed E-state index contributed by atoms with van der Waals surface area (Å²) >= 11 is 0. The highest BCUT2D eigenvalue weighted by molar-refractivity contribution is 5.30. The predicted molar refractivity (Wildman–Crippen MR) is 56.0 cm³/mol. The molecule has 1 heteroatoms. The van der Waals surface area contributed by atoms with Crippen LogP contribution in [0.3, 0.4) is 0 Å². The molecule has 0 radical (unpaired) electrons. The van der Waals surface area contributed by atoms with Crippen molar-refractivity contribution >= 4 is 0 Å². The van der Waals surface area contributed by atoms with Crippen LogP contribution in [0.2, 0.25) is 0 Å². The fraction of sp³-hybridized carbons (Fsp3) is 0.500. The first kappa shape index (κ1) is 10.1. The molecule has 1 nitrogen and oxygen atoms in total. The largest absolute Gasteiger partial charge is 0.508 e. The van der Waals surface area contributed by atoms with Crippen molar-refractivity contribution in [2.45, 2.75) is 33.1 Å². The number of hydrogen-bond acceptors (Lipinski definition) is 1. The Morgan fingerprint density at radius 3 is 1.92 bits per heavy atom. The van der Waals surface area contributed by atoms with Gasteiger partial charge >= 0.3 is 0 Å². The van der Waals surface area contributed by atoms with E-state index in [2.05, 4.69) is 27.7 Å². The second kappa shape index (κ2) is 3.41. The summed E-state index contributed by atoms with van der Waals surface area (Å²) in [6, 6.07) is 7.49. The SMILES string of the molecule is CC(C)C(C)(C)c1ccc(O)cc1. The molecule has 1 N–H and O–H groups in total. The molecule has 0 aliphatic rings. The van der Waals surface area contributed by atoms with Crippen LogP contribution >= 0.6 is 0 Å². The Kier molecular flexibility index (Phi) is 2.65. The van der Waals surface area contributed by atoms with Crippen LogP contribution < -0.4 is 0 Å². The van der Waals surface area contributed by atoms with Crippen molar-refractivity contribution in [1.82, 2.24) is 0 Å². The highest BCUT2D eigenvalue weighted by atomic mass is 16.3. The third kappa shape index (κ3) is 2.03. The van der Waals surface area contributed by atoms with Crippen LogP contribution in [-0.2, 0) is 5.41 Å². The Morgan fingerprint density at radius 2 is 1.54 bits per heavy atom. The minimum Gasteiger partial charge on any atom is -0.508 e. The predicted octanol–water partition coefficient (Wildman–Crippen LogP) is 3.33. The normalized spacial score (nSPS) is 12.1. The average Bonchev–Trinajstić information content (AvgIpc) is 2.04. The molecule has 0 saturated heterocycles. The topological polar surface area (TPSA) is 20.2 Å². The summed E-state index contributed by atoms with van der Waals surface area (Å²) in [7, 11) is 0. The van der Waals surface area contributed by atoms with E-state index >= 15 is 0 Å². The first-order valence-corrected chi connectivity index (χ1v) is 4.74. The molecule has 0 aliphatic carbocycles. The van der Waals surface area contributed by atoms with Gasteiger partial charge in [-0.1, -0.05) is 39.8 Å². The highest BCUT2D eigenvalue weighted by Crippen LogP contribution is 2.31. The third-order valence-electron chi connectivity index (χ3n) is 3.05. The average molecular weight is 178 g/mol. The van der Waals surface area contributed by atoms with Crippen LogP contribution in [0.5, 0.6) is 5.75 Å². The maximum Gasteiger partial charge on any atom is 0.115 e. The second-order valence-corrected chi connectivity index (χ2v) is 4.42. The van der Waals surface area contributed by atoms with Gasteiger partial charge in [-0.15, -0.1) is 0 Å².